The van der Waals surface area contributed by atoms with Crippen molar-refractivity contribution in [2.75, 3.05) is 17.6 Å². The minimum absolute atomic E-state index is 0.495. The molecule has 0 radical (unpaired) electrons. The van der Waals surface area contributed by atoms with Crippen LogP contribution in [0.5, 0.6) is 0 Å². The van der Waals surface area contributed by atoms with Crippen LogP contribution in [-0.2, 0) is 0 Å². The van der Waals surface area contributed by atoms with Crippen LogP contribution >= 0.6 is 0 Å². The molecule has 1 atom stereocenters. The second-order valence-corrected chi connectivity index (χ2v) is 3.71. The van der Waals surface area contributed by atoms with Crippen molar-refractivity contribution in [1.29, 1.82) is 0 Å². The third kappa shape index (κ3) is 3.22. The first-order chi connectivity index (χ1) is 6.53. The summed E-state index contributed by atoms with van der Waals surface area (Å²) in [5.41, 5.74) is 6.32. The van der Waals surface area contributed by atoms with Crippen LogP contribution < -0.4 is 11.1 Å². The molecule has 1 unspecified atom stereocenters. The zero-order valence-electron chi connectivity index (χ0n) is 8.62. The second-order valence-electron chi connectivity index (χ2n) is 3.71. The van der Waals surface area contributed by atoms with Gasteiger partial charge >= 0.3 is 0 Å². The molecule has 0 bridgehead atoms. The summed E-state index contributed by atoms with van der Waals surface area (Å²) in [5.74, 6) is 0. The lowest BCUT2D eigenvalue weighted by Crippen LogP contribution is -2.32. The molecule has 4 heteroatoms. The fourth-order valence-corrected chi connectivity index (χ4v) is 0.972. The van der Waals surface area contributed by atoms with Gasteiger partial charge in [0.15, 0.2) is 0 Å². The van der Waals surface area contributed by atoms with Gasteiger partial charge in [0.25, 0.3) is 0 Å². The van der Waals surface area contributed by atoms with E-state index in [1.165, 1.54) is 0 Å². The molecule has 4 N–H and O–H groups in total. The topological polar surface area (TPSA) is 71.2 Å². The Morgan fingerprint density at radius 3 is 2.86 bits per heavy atom. The lowest BCUT2D eigenvalue weighted by Gasteiger charge is -2.22. The Kier molecular flexibility index (Phi) is 3.30. The van der Waals surface area contributed by atoms with Crippen LogP contribution in [0.4, 0.5) is 11.4 Å². The molecule has 0 saturated heterocycles. The molecule has 0 fully saturated rings. The van der Waals surface area contributed by atoms with Crippen LogP contribution in [0.25, 0.3) is 0 Å². The smallest absolute Gasteiger partial charge is 0.0788 e. The van der Waals surface area contributed by atoms with Gasteiger partial charge in [-0.1, -0.05) is 6.92 Å². The first-order valence-electron chi connectivity index (χ1n) is 4.70. The van der Waals surface area contributed by atoms with Crippen molar-refractivity contribution in [2.24, 2.45) is 0 Å². The van der Waals surface area contributed by atoms with Crippen molar-refractivity contribution < 1.29 is 5.11 Å². The number of aromatic nitrogens is 1. The monoisotopic (exact) mass is 195 g/mol. The maximum Gasteiger partial charge on any atom is 0.0788 e. The van der Waals surface area contributed by atoms with Crippen molar-refractivity contribution in [3.63, 3.8) is 0 Å². The van der Waals surface area contributed by atoms with E-state index < -0.39 is 5.60 Å². The lowest BCUT2D eigenvalue weighted by molar-refractivity contribution is 0.0697. The van der Waals surface area contributed by atoms with Crippen LogP contribution in [0, 0.1) is 0 Å². The van der Waals surface area contributed by atoms with E-state index in [-0.39, 0.29) is 0 Å². The number of nitrogens with two attached hydrogens (primary N) is 1. The summed E-state index contributed by atoms with van der Waals surface area (Å²) in [4.78, 5) is 3.94. The number of nitrogens with zero attached hydrogens (tertiary/aromatic N) is 1. The van der Waals surface area contributed by atoms with Gasteiger partial charge < -0.3 is 16.2 Å². The summed E-state index contributed by atoms with van der Waals surface area (Å²) in [6.45, 7) is 4.23. The quantitative estimate of drug-likeness (QED) is 0.676. The van der Waals surface area contributed by atoms with E-state index in [4.69, 9.17) is 5.73 Å². The van der Waals surface area contributed by atoms with Crippen LogP contribution in [0.3, 0.4) is 0 Å². The Labute approximate surface area is 84.2 Å². The van der Waals surface area contributed by atoms with E-state index in [2.05, 4.69) is 10.3 Å². The predicted molar refractivity (Wildman–Crippen MR) is 58.1 cm³/mol. The molecule has 78 valence electrons. The fourth-order valence-electron chi connectivity index (χ4n) is 0.972. The molecule has 0 aliphatic rings. The standard InChI is InChI=1S/C10H17N3O/c1-3-10(2,14)7-13-9-4-8(11)5-12-6-9/h4-6,13-14H,3,7,11H2,1-2H3. The van der Waals surface area contributed by atoms with Gasteiger partial charge in [-0.3, -0.25) is 4.98 Å². The molecule has 0 spiro atoms. The van der Waals surface area contributed by atoms with E-state index in [0.717, 1.165) is 5.69 Å². The van der Waals surface area contributed by atoms with Crippen molar-refractivity contribution in [3.05, 3.63) is 18.5 Å². The molecule has 4 nitrogen and oxygen atoms in total. The number of rotatable bonds is 4. The number of hydrogen-bond acceptors (Lipinski definition) is 4. The molecular formula is C10H17N3O. The van der Waals surface area contributed by atoms with Crippen molar-refractivity contribution in [2.45, 2.75) is 25.9 Å². The molecule has 14 heavy (non-hydrogen) atoms. The molecule has 1 aromatic rings. The third-order valence-corrected chi connectivity index (χ3v) is 2.19. The molecule has 1 heterocycles. The van der Waals surface area contributed by atoms with Gasteiger partial charge in [-0.25, -0.2) is 0 Å². The minimum Gasteiger partial charge on any atom is -0.397 e. The van der Waals surface area contributed by atoms with Crippen LogP contribution in [0.1, 0.15) is 20.3 Å². The Hall–Kier alpha value is -1.29. The Morgan fingerprint density at radius 2 is 2.29 bits per heavy atom. The number of hydrogen-bond donors (Lipinski definition) is 3. The second kappa shape index (κ2) is 4.28. The Balaban J connectivity index is 2.54. The Bertz CT molecular complexity index is 299. The third-order valence-electron chi connectivity index (χ3n) is 2.19. The van der Waals surface area contributed by atoms with Gasteiger partial charge in [0.2, 0.25) is 0 Å². The van der Waals surface area contributed by atoms with Gasteiger partial charge in [0.05, 0.1) is 23.2 Å². The SMILES string of the molecule is CCC(C)(O)CNc1cncc(N)c1. The van der Waals surface area contributed by atoms with Crippen molar-refractivity contribution in [3.8, 4) is 0 Å². The first-order valence-corrected chi connectivity index (χ1v) is 4.70. The van der Waals surface area contributed by atoms with E-state index in [0.29, 0.717) is 18.7 Å². The highest BCUT2D eigenvalue weighted by Crippen LogP contribution is 2.13. The fraction of sp³-hybridized carbons (Fsp3) is 0.500. The van der Waals surface area contributed by atoms with Gasteiger partial charge in [-0.15, -0.1) is 0 Å². The van der Waals surface area contributed by atoms with Crippen LogP contribution in [0.2, 0.25) is 0 Å². The van der Waals surface area contributed by atoms with Gasteiger partial charge in [0, 0.05) is 12.7 Å². The van der Waals surface area contributed by atoms with E-state index in [1.54, 1.807) is 25.4 Å². The number of aliphatic hydroxyl groups is 1. The summed E-state index contributed by atoms with van der Waals surface area (Å²) in [7, 11) is 0. The molecule has 1 rings (SSSR count). The van der Waals surface area contributed by atoms with Crippen LogP contribution in [0.15, 0.2) is 18.5 Å². The van der Waals surface area contributed by atoms with Gasteiger partial charge in [0.1, 0.15) is 0 Å². The predicted octanol–water partition coefficient (Wildman–Crippen LogP) is 1.24. The summed E-state index contributed by atoms with van der Waals surface area (Å²) in [6, 6.07) is 1.79. The number of nitrogen functional groups attached to an aromatic ring is 1. The molecule has 0 amide bonds. The Morgan fingerprint density at radius 1 is 1.57 bits per heavy atom. The molecule has 0 aliphatic carbocycles. The number of nitrogens with one attached hydrogen (secondary N) is 1. The maximum absolute atomic E-state index is 9.74. The number of anilines is 2. The summed E-state index contributed by atoms with van der Waals surface area (Å²) in [5, 5.41) is 12.8. The molecule has 0 aromatic carbocycles. The van der Waals surface area contributed by atoms with Crippen molar-refractivity contribution in [1.82, 2.24) is 4.98 Å². The molecule has 1 aromatic heterocycles. The highest BCUT2D eigenvalue weighted by atomic mass is 16.3. The summed E-state index contributed by atoms with van der Waals surface area (Å²) >= 11 is 0. The normalized spacial score (nSPS) is 14.8. The maximum atomic E-state index is 9.74. The zero-order valence-corrected chi connectivity index (χ0v) is 8.62. The average Bonchev–Trinajstić information content (AvgIpc) is 2.15. The van der Waals surface area contributed by atoms with Crippen LogP contribution in [-0.4, -0.2) is 22.2 Å². The van der Waals surface area contributed by atoms with Gasteiger partial charge in [-0.2, -0.15) is 0 Å². The lowest BCUT2D eigenvalue weighted by atomic mass is 10.0. The molecule has 0 saturated carbocycles. The molecule has 0 aliphatic heterocycles. The van der Waals surface area contributed by atoms with Crippen molar-refractivity contribution >= 4 is 11.4 Å². The minimum atomic E-state index is -0.690. The highest BCUT2D eigenvalue weighted by Gasteiger charge is 2.16. The molecular weight excluding hydrogens is 178 g/mol. The summed E-state index contributed by atoms with van der Waals surface area (Å²) in [6.07, 6.45) is 3.97. The van der Waals surface area contributed by atoms with E-state index in [9.17, 15) is 5.11 Å². The van der Waals surface area contributed by atoms with Gasteiger partial charge in [-0.05, 0) is 19.4 Å². The number of pyridine rings is 1. The summed E-state index contributed by atoms with van der Waals surface area (Å²) < 4.78 is 0. The largest absolute Gasteiger partial charge is 0.397 e. The average molecular weight is 195 g/mol. The highest BCUT2D eigenvalue weighted by molar-refractivity contribution is 5.51. The van der Waals surface area contributed by atoms with E-state index >= 15 is 0 Å². The zero-order chi connectivity index (χ0) is 10.6. The van der Waals surface area contributed by atoms with E-state index in [1.807, 2.05) is 6.92 Å². The first kappa shape index (κ1) is 10.8.